The van der Waals surface area contributed by atoms with E-state index in [2.05, 4.69) is 27.4 Å². The van der Waals surface area contributed by atoms with Gasteiger partial charge in [-0.1, -0.05) is 63.8 Å². The van der Waals surface area contributed by atoms with Crippen LogP contribution in [0.25, 0.3) is 0 Å². The van der Waals surface area contributed by atoms with Crippen LogP contribution < -0.4 is 10.6 Å². The number of aromatic amines is 1. The maximum absolute atomic E-state index is 14.5. The Labute approximate surface area is 314 Å². The van der Waals surface area contributed by atoms with E-state index < -0.39 is 46.2 Å². The molecule has 3 atom stereocenters. The van der Waals surface area contributed by atoms with Crippen LogP contribution in [0.1, 0.15) is 98.9 Å². The fourth-order valence-electron chi connectivity index (χ4n) is 8.95. The molecule has 1 aromatic carbocycles. The van der Waals surface area contributed by atoms with Crippen LogP contribution in [0.5, 0.6) is 0 Å². The minimum atomic E-state index is -4.75. The fraction of sp³-hybridized carbons (Fsp3) is 0.415. The number of carbonyl (C=O) groups excluding carboxylic acids is 2. The second kappa shape index (κ2) is 13.0. The van der Waals surface area contributed by atoms with E-state index in [1.807, 2.05) is 20.8 Å². The summed E-state index contributed by atoms with van der Waals surface area (Å²) < 4.78 is 88.6. The Balaban J connectivity index is 1.30. The van der Waals surface area contributed by atoms with Crippen molar-refractivity contribution in [3.8, 4) is 0 Å². The molecule has 7 rings (SSSR count). The van der Waals surface area contributed by atoms with Crippen LogP contribution in [0.4, 0.5) is 38.0 Å². The number of nitrogens with zero attached hydrogens (tertiary/aromatic N) is 3. The molecule has 4 aliphatic rings. The first-order valence-corrected chi connectivity index (χ1v) is 18.1. The van der Waals surface area contributed by atoms with E-state index >= 15 is 0 Å². The number of rotatable bonds is 6. The van der Waals surface area contributed by atoms with Crippen LogP contribution in [0.2, 0.25) is 0 Å². The molecule has 0 saturated carbocycles. The van der Waals surface area contributed by atoms with Gasteiger partial charge in [-0.05, 0) is 61.6 Å². The Hall–Kier alpha value is -5.14. The van der Waals surface area contributed by atoms with Gasteiger partial charge in [-0.2, -0.15) is 36.5 Å². The van der Waals surface area contributed by atoms with Gasteiger partial charge in [0.15, 0.2) is 23.2 Å². The third-order valence-electron chi connectivity index (χ3n) is 11.2. The van der Waals surface area contributed by atoms with Gasteiger partial charge >= 0.3 is 12.4 Å². The third-order valence-corrected chi connectivity index (χ3v) is 11.2. The number of ketones is 2. The summed E-state index contributed by atoms with van der Waals surface area (Å²) in [5, 5.41) is 18.6. The van der Waals surface area contributed by atoms with Crippen LogP contribution in [0.15, 0.2) is 82.8 Å². The van der Waals surface area contributed by atoms with Gasteiger partial charge in [-0.3, -0.25) is 19.4 Å². The minimum absolute atomic E-state index is 0.0423. The van der Waals surface area contributed by atoms with Crippen molar-refractivity contribution in [3.63, 3.8) is 0 Å². The number of aryl methyl sites for hydroxylation is 1. The zero-order valence-corrected chi connectivity index (χ0v) is 31.4. The van der Waals surface area contributed by atoms with Gasteiger partial charge in [-0.25, -0.2) is 0 Å². The van der Waals surface area contributed by atoms with Crippen molar-refractivity contribution in [2.45, 2.75) is 98.0 Å². The largest absolute Gasteiger partial charge is 0.416 e. The molecule has 0 fully saturated rings. The van der Waals surface area contributed by atoms with Crippen molar-refractivity contribution in [1.29, 1.82) is 0 Å². The van der Waals surface area contributed by atoms with Gasteiger partial charge < -0.3 is 10.6 Å². The molecule has 55 heavy (non-hydrogen) atoms. The van der Waals surface area contributed by atoms with E-state index in [9.17, 15) is 35.9 Å². The Bertz CT molecular complexity index is 2280. The van der Waals surface area contributed by atoms with Gasteiger partial charge in [0.1, 0.15) is 0 Å². The maximum Gasteiger partial charge on any atom is 0.416 e. The predicted molar refractivity (Wildman–Crippen MR) is 196 cm³/mol. The number of anilines is 2. The number of halogens is 6. The highest BCUT2D eigenvalue weighted by molar-refractivity contribution is 6.02. The summed E-state index contributed by atoms with van der Waals surface area (Å²) in [6, 6.07) is 5.29. The quantitative estimate of drug-likeness (QED) is 0.171. The number of hydrogen-bond acceptors (Lipinski definition) is 6. The van der Waals surface area contributed by atoms with Crippen LogP contribution in [0, 0.1) is 24.7 Å². The summed E-state index contributed by atoms with van der Waals surface area (Å²) in [7, 11) is 0. The van der Waals surface area contributed by atoms with Crippen LogP contribution >= 0.6 is 0 Å². The standard InChI is InChI=1S/C41H42F6N6O2/c1-8-9-13-24(40(42,43)44)20(2)30-31-21(3)50-51-36(31)48-27-16-39(7,18-29(55)34(27)30)19-53-22(4)32-33(23-12-10-11-14-25(23)41(45,46)47)35-26(49-37(32)52-53)15-38(5,6)17-28(35)54/h8-14,30,33H,2,15-19H2,1,3-7H3,(H,49,52)(H2,48,50,51)/b9-8-,24-13+/t30-,33+,39?/m0/s1. The highest BCUT2D eigenvalue weighted by atomic mass is 19.4. The number of Topliss-reactive ketones (excluding diaryl/α,β-unsaturated/α-hetero) is 2. The van der Waals surface area contributed by atoms with Gasteiger partial charge in [0.25, 0.3) is 0 Å². The van der Waals surface area contributed by atoms with Crippen molar-refractivity contribution in [3.05, 3.63) is 116 Å². The molecule has 0 saturated heterocycles. The van der Waals surface area contributed by atoms with E-state index in [-0.39, 0.29) is 54.1 Å². The molecular formula is C41H42F6N6O2. The smallest absolute Gasteiger partial charge is 0.342 e. The van der Waals surface area contributed by atoms with Crippen LogP contribution in [-0.4, -0.2) is 37.7 Å². The number of benzene rings is 1. The third kappa shape index (κ3) is 6.56. The zero-order valence-electron chi connectivity index (χ0n) is 31.4. The highest BCUT2D eigenvalue weighted by Gasteiger charge is 2.49. The monoisotopic (exact) mass is 764 g/mol. The van der Waals surface area contributed by atoms with E-state index in [1.54, 1.807) is 25.5 Å². The number of aromatic nitrogens is 4. The molecule has 2 aromatic heterocycles. The number of carbonyl (C=O) groups is 2. The molecule has 0 radical (unpaired) electrons. The lowest BCUT2D eigenvalue weighted by Gasteiger charge is -2.40. The molecular weight excluding hydrogens is 722 g/mol. The Morgan fingerprint density at radius 2 is 1.58 bits per heavy atom. The molecule has 290 valence electrons. The number of allylic oxidation sites excluding steroid dienone is 9. The van der Waals surface area contributed by atoms with Gasteiger partial charge in [0, 0.05) is 76.3 Å². The average molecular weight is 765 g/mol. The Morgan fingerprint density at radius 3 is 2.25 bits per heavy atom. The maximum atomic E-state index is 14.5. The van der Waals surface area contributed by atoms with Crippen molar-refractivity contribution in [1.82, 2.24) is 20.0 Å². The average Bonchev–Trinajstić information content (AvgIpc) is 3.58. The Morgan fingerprint density at radius 1 is 0.927 bits per heavy atom. The van der Waals surface area contributed by atoms with E-state index in [0.717, 1.165) is 12.1 Å². The first-order chi connectivity index (χ1) is 25.6. The Kier molecular flexibility index (Phi) is 9.00. The topological polar surface area (TPSA) is 105 Å². The normalized spacial score (nSPS) is 24.0. The molecule has 8 nitrogen and oxygen atoms in total. The molecule has 4 heterocycles. The number of hydrogen-bond donors (Lipinski definition) is 3. The fourth-order valence-corrected chi connectivity index (χ4v) is 8.95. The van der Waals surface area contributed by atoms with E-state index in [0.29, 0.717) is 57.5 Å². The zero-order chi connectivity index (χ0) is 40.0. The minimum Gasteiger partial charge on any atom is -0.342 e. The molecule has 3 aromatic rings. The van der Waals surface area contributed by atoms with Gasteiger partial charge in [0.2, 0.25) is 0 Å². The number of alkyl halides is 6. The lowest BCUT2D eigenvalue weighted by atomic mass is 9.67. The van der Waals surface area contributed by atoms with Crippen molar-refractivity contribution in [2.75, 3.05) is 10.6 Å². The molecule has 2 aliphatic heterocycles. The summed E-state index contributed by atoms with van der Waals surface area (Å²) in [5.41, 5.74) is -0.0418. The summed E-state index contributed by atoms with van der Waals surface area (Å²) in [6.45, 7) is 14.8. The lowest BCUT2D eigenvalue weighted by Crippen LogP contribution is -2.38. The SMILES string of the molecule is C=C(/C(=C\C=C/C)C(F)(F)F)[C@@H]1C2=C(CC(C)(Cn3nc4c(c3C)[C@@H](c3ccccc3C(F)(F)F)C3=C(CC(C)(C)CC3=O)N4)CC2=O)Nc2n[nH]c(C)c21. The summed E-state index contributed by atoms with van der Waals surface area (Å²) >= 11 is 0. The number of nitrogens with one attached hydrogen (secondary N) is 3. The lowest BCUT2D eigenvalue weighted by molar-refractivity contribution is -0.138. The second-order valence-corrected chi connectivity index (χ2v) is 16.3. The second-order valence-electron chi connectivity index (χ2n) is 16.3. The van der Waals surface area contributed by atoms with Crippen LogP contribution in [-0.2, 0) is 22.3 Å². The number of fused-ring (bicyclic) bond motifs is 2. The first kappa shape index (κ1) is 38.1. The van der Waals surface area contributed by atoms with E-state index in [1.165, 1.54) is 30.4 Å². The highest BCUT2D eigenvalue weighted by Crippen LogP contribution is 2.54. The molecule has 0 spiro atoms. The summed E-state index contributed by atoms with van der Waals surface area (Å²) in [5.74, 6) is -2.11. The van der Waals surface area contributed by atoms with Gasteiger partial charge in [-0.15, -0.1) is 0 Å². The molecule has 3 N–H and O–H groups in total. The summed E-state index contributed by atoms with van der Waals surface area (Å²) in [6.07, 6.45) is -4.95. The van der Waals surface area contributed by atoms with E-state index in [4.69, 9.17) is 5.10 Å². The van der Waals surface area contributed by atoms with Crippen molar-refractivity contribution >= 4 is 23.2 Å². The molecule has 0 bridgehead atoms. The van der Waals surface area contributed by atoms with Crippen molar-refractivity contribution in [2.24, 2.45) is 10.8 Å². The molecule has 2 aliphatic carbocycles. The van der Waals surface area contributed by atoms with Crippen LogP contribution in [0.3, 0.4) is 0 Å². The molecule has 14 heteroatoms. The van der Waals surface area contributed by atoms with Gasteiger partial charge in [0.05, 0.1) is 11.1 Å². The predicted octanol–water partition coefficient (Wildman–Crippen LogP) is 9.90. The number of H-pyrrole nitrogens is 1. The molecule has 1 unspecified atom stereocenters. The molecule has 0 amide bonds. The first-order valence-electron chi connectivity index (χ1n) is 18.1. The summed E-state index contributed by atoms with van der Waals surface area (Å²) in [4.78, 5) is 28.1. The van der Waals surface area contributed by atoms with Crippen molar-refractivity contribution < 1.29 is 35.9 Å².